The molecule has 0 aliphatic rings. The fraction of sp³-hybridized carbons (Fsp3) is 0.656. The van der Waals surface area contributed by atoms with Crippen molar-refractivity contribution in [1.29, 1.82) is 0 Å². The average molecular weight is 574 g/mol. The Kier molecular flexibility index (Phi) is 19.0. The van der Waals surface area contributed by atoms with Crippen molar-refractivity contribution in [3.8, 4) is 11.8 Å². The summed E-state index contributed by atoms with van der Waals surface area (Å²) in [6, 6.07) is 8.71. The van der Waals surface area contributed by atoms with Crippen LogP contribution < -0.4 is 10.6 Å². The van der Waals surface area contributed by atoms with E-state index < -0.39 is 29.7 Å². The van der Waals surface area contributed by atoms with Crippen LogP contribution in [0.3, 0.4) is 0 Å². The Morgan fingerprint density at radius 3 is 2.12 bits per heavy atom. The summed E-state index contributed by atoms with van der Waals surface area (Å²) in [5.74, 6) is 5.18. The summed E-state index contributed by atoms with van der Waals surface area (Å²) in [4.78, 5) is 29.8. The van der Waals surface area contributed by atoms with E-state index in [4.69, 9.17) is 14.6 Å². The third-order valence-electron chi connectivity index (χ3n) is 6.14. The highest BCUT2D eigenvalue weighted by molar-refractivity contribution is 6.01. The molecule has 9 heteroatoms. The molecule has 0 saturated carbocycles. The predicted molar refractivity (Wildman–Crippen MR) is 162 cm³/mol. The standard InChI is InChI=1S/C32H51N3O6/c1-5-6-7-8-9-10-11-12-16-22-28(27(24-37)21-17-18-23-36)33-29(35-31(39)41-32(2,3)4)34-30(38)40-25-26-19-14-13-15-20-26/h13-15,19-20,27-28,36-37H,5-12,16,18,22-25H2,1-4H3,(H2,33,34,35,38,39)/t27-,28+/m1/s1. The van der Waals surface area contributed by atoms with Crippen LogP contribution in [-0.2, 0) is 16.1 Å². The van der Waals surface area contributed by atoms with Crippen LogP contribution in [0.5, 0.6) is 0 Å². The highest BCUT2D eigenvalue weighted by atomic mass is 16.6. The molecule has 0 aromatic heterocycles. The van der Waals surface area contributed by atoms with Crippen LogP contribution in [0.15, 0.2) is 35.3 Å². The summed E-state index contributed by atoms with van der Waals surface area (Å²) in [7, 11) is 0. The topological polar surface area (TPSA) is 129 Å². The van der Waals surface area contributed by atoms with Gasteiger partial charge in [-0.2, -0.15) is 0 Å². The number of alkyl carbamates (subject to hydrolysis) is 2. The Morgan fingerprint density at radius 2 is 1.54 bits per heavy atom. The SMILES string of the molecule is CCCCCCCCCCC[C@H](N=C(NC(=O)OCc1ccccc1)NC(=O)OC(C)(C)C)[C@H](C#CCCO)CO. The molecule has 0 aliphatic heterocycles. The maximum absolute atomic E-state index is 12.6. The van der Waals surface area contributed by atoms with Crippen molar-refractivity contribution in [2.45, 2.75) is 117 Å². The Hall–Kier alpha value is -3.09. The van der Waals surface area contributed by atoms with E-state index in [1.54, 1.807) is 20.8 Å². The van der Waals surface area contributed by atoms with Gasteiger partial charge in [0.25, 0.3) is 0 Å². The lowest BCUT2D eigenvalue weighted by Crippen LogP contribution is -2.47. The number of nitrogens with one attached hydrogen (secondary N) is 2. The third kappa shape index (κ3) is 18.8. The average Bonchev–Trinajstić information content (AvgIpc) is 2.92. The van der Waals surface area contributed by atoms with Gasteiger partial charge in [-0.15, -0.1) is 5.92 Å². The Labute approximate surface area is 246 Å². The first kappa shape index (κ1) is 35.9. The van der Waals surface area contributed by atoms with Gasteiger partial charge in [-0.25, -0.2) is 14.6 Å². The second-order valence-corrected chi connectivity index (χ2v) is 11.1. The fourth-order valence-electron chi connectivity index (χ4n) is 4.06. The molecule has 2 amide bonds. The Bertz CT molecular complexity index is 950. The summed E-state index contributed by atoms with van der Waals surface area (Å²) >= 11 is 0. The summed E-state index contributed by atoms with van der Waals surface area (Å²) in [5, 5.41) is 24.3. The van der Waals surface area contributed by atoms with Crippen LogP contribution in [-0.4, -0.2) is 53.2 Å². The zero-order chi connectivity index (χ0) is 30.3. The zero-order valence-corrected chi connectivity index (χ0v) is 25.4. The molecule has 230 valence electrons. The number of carbonyl (C=O) groups is 2. The van der Waals surface area contributed by atoms with Gasteiger partial charge in [-0.05, 0) is 32.8 Å². The number of benzene rings is 1. The van der Waals surface area contributed by atoms with E-state index in [1.165, 1.54) is 38.5 Å². The monoisotopic (exact) mass is 573 g/mol. The van der Waals surface area contributed by atoms with E-state index in [1.807, 2.05) is 30.3 Å². The van der Waals surface area contributed by atoms with Gasteiger partial charge >= 0.3 is 12.2 Å². The van der Waals surface area contributed by atoms with Crippen LogP contribution in [0.4, 0.5) is 9.59 Å². The van der Waals surface area contributed by atoms with Gasteiger partial charge in [0.1, 0.15) is 12.2 Å². The van der Waals surface area contributed by atoms with Gasteiger partial charge in [0.05, 0.1) is 25.2 Å². The summed E-state index contributed by atoms with van der Waals surface area (Å²) < 4.78 is 10.7. The third-order valence-corrected chi connectivity index (χ3v) is 6.14. The van der Waals surface area contributed by atoms with E-state index in [-0.39, 0.29) is 32.2 Å². The number of unbranched alkanes of at least 4 members (excludes halogenated alkanes) is 8. The van der Waals surface area contributed by atoms with Gasteiger partial charge in [-0.3, -0.25) is 10.6 Å². The minimum absolute atomic E-state index is 0.0418. The second kappa shape index (κ2) is 21.6. The van der Waals surface area contributed by atoms with E-state index in [0.717, 1.165) is 24.8 Å². The highest BCUT2D eigenvalue weighted by Crippen LogP contribution is 2.18. The van der Waals surface area contributed by atoms with Crippen molar-refractivity contribution in [2.24, 2.45) is 10.9 Å². The van der Waals surface area contributed by atoms with Crippen molar-refractivity contribution in [2.75, 3.05) is 13.2 Å². The number of aliphatic imine (C=N–C) groups is 1. The number of guanidine groups is 1. The number of hydrogen-bond donors (Lipinski definition) is 4. The van der Waals surface area contributed by atoms with Gasteiger partial charge in [0.2, 0.25) is 5.96 Å². The fourth-order valence-corrected chi connectivity index (χ4v) is 4.06. The number of rotatable bonds is 16. The molecule has 2 atom stereocenters. The molecule has 1 rings (SSSR count). The van der Waals surface area contributed by atoms with Gasteiger partial charge in [0, 0.05) is 6.42 Å². The summed E-state index contributed by atoms with van der Waals surface area (Å²) in [6.45, 7) is 7.10. The minimum atomic E-state index is -0.794. The summed E-state index contributed by atoms with van der Waals surface area (Å²) in [6.07, 6.45) is 9.72. The van der Waals surface area contributed by atoms with Crippen molar-refractivity contribution >= 4 is 18.1 Å². The number of carbonyl (C=O) groups excluding carboxylic acids is 2. The molecule has 0 heterocycles. The lowest BCUT2D eigenvalue weighted by atomic mass is 9.95. The molecule has 0 bridgehead atoms. The normalized spacial score (nSPS) is 13.0. The molecule has 1 aromatic carbocycles. The number of aliphatic hydroxyl groups is 2. The molecular weight excluding hydrogens is 522 g/mol. The largest absolute Gasteiger partial charge is 0.444 e. The zero-order valence-electron chi connectivity index (χ0n) is 25.4. The number of hydrogen-bond acceptors (Lipinski definition) is 7. The molecule has 0 radical (unpaired) electrons. The lowest BCUT2D eigenvalue weighted by Gasteiger charge is -2.22. The van der Waals surface area contributed by atoms with Crippen molar-refractivity contribution < 1.29 is 29.3 Å². The smallest absolute Gasteiger partial charge is 0.414 e. The molecular formula is C32H51N3O6. The highest BCUT2D eigenvalue weighted by Gasteiger charge is 2.23. The van der Waals surface area contributed by atoms with Crippen LogP contribution in [0.2, 0.25) is 0 Å². The first-order valence-corrected chi connectivity index (χ1v) is 14.9. The summed E-state index contributed by atoms with van der Waals surface area (Å²) in [5.41, 5.74) is 0.0477. The van der Waals surface area contributed by atoms with Crippen molar-refractivity contribution in [3.05, 3.63) is 35.9 Å². The predicted octanol–water partition coefficient (Wildman–Crippen LogP) is 6.08. The van der Waals surface area contributed by atoms with E-state index >= 15 is 0 Å². The van der Waals surface area contributed by atoms with E-state index in [0.29, 0.717) is 6.42 Å². The first-order chi connectivity index (χ1) is 19.7. The Morgan fingerprint density at radius 1 is 0.927 bits per heavy atom. The lowest BCUT2D eigenvalue weighted by molar-refractivity contribution is 0.0561. The van der Waals surface area contributed by atoms with Crippen molar-refractivity contribution in [3.63, 3.8) is 0 Å². The molecule has 0 fully saturated rings. The number of amides is 2. The van der Waals surface area contributed by atoms with Crippen LogP contribution in [0.1, 0.15) is 104 Å². The minimum Gasteiger partial charge on any atom is -0.444 e. The molecule has 1 aromatic rings. The second-order valence-electron chi connectivity index (χ2n) is 11.1. The molecule has 0 unspecified atom stereocenters. The van der Waals surface area contributed by atoms with Crippen LogP contribution >= 0.6 is 0 Å². The quantitative estimate of drug-likeness (QED) is 0.0821. The molecule has 0 aliphatic carbocycles. The first-order valence-electron chi connectivity index (χ1n) is 14.9. The van der Waals surface area contributed by atoms with Crippen LogP contribution in [0, 0.1) is 17.8 Å². The van der Waals surface area contributed by atoms with Crippen LogP contribution in [0.25, 0.3) is 0 Å². The molecule has 41 heavy (non-hydrogen) atoms. The van der Waals surface area contributed by atoms with E-state index in [9.17, 15) is 14.7 Å². The number of ether oxygens (including phenoxy) is 2. The van der Waals surface area contributed by atoms with Gasteiger partial charge < -0.3 is 19.7 Å². The molecule has 4 N–H and O–H groups in total. The number of nitrogens with zero attached hydrogens (tertiary/aromatic N) is 1. The maximum atomic E-state index is 12.6. The van der Waals surface area contributed by atoms with Gasteiger partial charge in [-0.1, -0.05) is 101 Å². The molecule has 0 saturated heterocycles. The molecule has 0 spiro atoms. The van der Waals surface area contributed by atoms with E-state index in [2.05, 4.69) is 34.4 Å². The number of aliphatic hydroxyl groups excluding tert-OH is 2. The maximum Gasteiger partial charge on any atom is 0.414 e. The van der Waals surface area contributed by atoms with Crippen molar-refractivity contribution in [1.82, 2.24) is 10.6 Å². The van der Waals surface area contributed by atoms with Gasteiger partial charge in [0.15, 0.2) is 0 Å². The Balaban J connectivity index is 3.01. The molecule has 9 nitrogen and oxygen atoms in total.